The summed E-state index contributed by atoms with van der Waals surface area (Å²) in [5, 5.41) is 13.6. The highest BCUT2D eigenvalue weighted by Gasteiger charge is 2.42. The SMILES string of the molecule is CCOC(=O)C1=C(C(OC)c2nnc(CN(C)C)s2)NC(C)=C(C(=O)OC)C1c1cccc(Cl)c1Cl. The van der Waals surface area contributed by atoms with Gasteiger partial charge in [-0.3, -0.25) is 0 Å². The molecule has 36 heavy (non-hydrogen) atoms. The van der Waals surface area contributed by atoms with Gasteiger partial charge in [0, 0.05) is 12.8 Å². The summed E-state index contributed by atoms with van der Waals surface area (Å²) >= 11 is 14.3. The number of methoxy groups -OCH3 is 2. The Kier molecular flexibility index (Phi) is 9.48. The fraction of sp³-hybridized carbons (Fsp3) is 0.417. The lowest BCUT2D eigenvalue weighted by Gasteiger charge is -2.33. The van der Waals surface area contributed by atoms with E-state index in [1.54, 1.807) is 32.0 Å². The highest BCUT2D eigenvalue weighted by atomic mass is 35.5. The van der Waals surface area contributed by atoms with Crippen molar-refractivity contribution >= 4 is 46.5 Å². The lowest BCUT2D eigenvalue weighted by Crippen LogP contribution is -2.35. The molecule has 0 saturated heterocycles. The predicted molar refractivity (Wildman–Crippen MR) is 138 cm³/mol. The molecule has 194 valence electrons. The molecule has 3 rings (SSSR count). The quantitative estimate of drug-likeness (QED) is 0.455. The summed E-state index contributed by atoms with van der Waals surface area (Å²) in [6.07, 6.45) is -0.799. The Hall–Kier alpha value is -2.50. The number of allylic oxidation sites excluding steroid dienone is 1. The van der Waals surface area contributed by atoms with Crippen molar-refractivity contribution in [2.45, 2.75) is 32.4 Å². The standard InChI is InChI=1S/C24H28Cl2N4O5S/c1-7-35-24(32)18-17(13-9-8-10-14(25)19(13)26)16(23(31)34-6)12(2)27-20(18)21(33-5)22-29-28-15(36-22)11-30(3)4/h8-10,17,21,27H,7,11H2,1-6H3. The molecule has 0 aliphatic carbocycles. The minimum Gasteiger partial charge on any atom is -0.466 e. The molecule has 2 atom stereocenters. The lowest BCUT2D eigenvalue weighted by atomic mass is 9.79. The third-order valence-corrected chi connectivity index (χ3v) is 7.23. The molecular formula is C24H28Cl2N4O5S. The maximum absolute atomic E-state index is 13.5. The van der Waals surface area contributed by atoms with E-state index in [0.717, 1.165) is 5.01 Å². The van der Waals surface area contributed by atoms with Crippen LogP contribution in [0.1, 0.15) is 41.4 Å². The Morgan fingerprint density at radius 1 is 1.17 bits per heavy atom. The second kappa shape index (κ2) is 12.2. The predicted octanol–water partition coefficient (Wildman–Crippen LogP) is 4.25. The second-order valence-electron chi connectivity index (χ2n) is 8.17. The zero-order valence-corrected chi connectivity index (χ0v) is 23.2. The number of halogens is 2. The average Bonchev–Trinajstić information content (AvgIpc) is 3.27. The van der Waals surface area contributed by atoms with Crippen molar-refractivity contribution in [3.63, 3.8) is 0 Å². The lowest BCUT2D eigenvalue weighted by molar-refractivity contribution is -0.139. The summed E-state index contributed by atoms with van der Waals surface area (Å²) in [6, 6.07) is 5.03. The summed E-state index contributed by atoms with van der Waals surface area (Å²) in [7, 11) is 6.64. The van der Waals surface area contributed by atoms with Gasteiger partial charge < -0.3 is 24.4 Å². The van der Waals surface area contributed by atoms with E-state index in [2.05, 4.69) is 15.5 Å². The smallest absolute Gasteiger partial charge is 0.336 e. The Morgan fingerprint density at radius 3 is 2.50 bits per heavy atom. The van der Waals surface area contributed by atoms with E-state index in [1.807, 2.05) is 19.0 Å². The van der Waals surface area contributed by atoms with Crippen molar-refractivity contribution in [3.05, 3.63) is 66.4 Å². The first-order valence-electron chi connectivity index (χ1n) is 11.0. The van der Waals surface area contributed by atoms with E-state index in [-0.39, 0.29) is 27.8 Å². The molecule has 1 aliphatic heterocycles. The zero-order valence-electron chi connectivity index (χ0n) is 20.8. The van der Waals surface area contributed by atoms with Gasteiger partial charge in [0.25, 0.3) is 0 Å². The molecule has 0 saturated carbocycles. The molecule has 1 aromatic carbocycles. The van der Waals surface area contributed by atoms with E-state index < -0.39 is 24.0 Å². The Balaban J connectivity index is 2.30. The minimum absolute atomic E-state index is 0.116. The van der Waals surface area contributed by atoms with Crippen LogP contribution in [0.4, 0.5) is 0 Å². The topological polar surface area (TPSA) is 103 Å². The highest BCUT2D eigenvalue weighted by Crippen LogP contribution is 2.46. The number of carbonyl (C=O) groups excluding carboxylic acids is 2. The van der Waals surface area contributed by atoms with Crippen LogP contribution in [-0.4, -0.2) is 62.0 Å². The Morgan fingerprint density at radius 2 is 1.89 bits per heavy atom. The summed E-state index contributed by atoms with van der Waals surface area (Å²) < 4.78 is 16.3. The molecule has 1 aromatic heterocycles. The number of benzene rings is 1. The number of hydrogen-bond donors (Lipinski definition) is 1. The molecule has 0 bridgehead atoms. The summed E-state index contributed by atoms with van der Waals surface area (Å²) in [5.41, 5.74) is 1.63. The van der Waals surface area contributed by atoms with Gasteiger partial charge in [0.15, 0.2) is 11.1 Å². The first-order valence-corrected chi connectivity index (χ1v) is 12.6. The third kappa shape index (κ3) is 5.73. The van der Waals surface area contributed by atoms with Crippen LogP contribution in [0.3, 0.4) is 0 Å². The van der Waals surface area contributed by atoms with Gasteiger partial charge >= 0.3 is 11.9 Å². The number of carbonyl (C=O) groups is 2. The monoisotopic (exact) mass is 554 g/mol. The van der Waals surface area contributed by atoms with Crippen LogP contribution in [0, 0.1) is 0 Å². The largest absolute Gasteiger partial charge is 0.466 e. The highest BCUT2D eigenvalue weighted by molar-refractivity contribution is 7.11. The molecule has 9 nitrogen and oxygen atoms in total. The molecule has 0 amide bonds. The van der Waals surface area contributed by atoms with E-state index in [9.17, 15) is 9.59 Å². The van der Waals surface area contributed by atoms with Gasteiger partial charge in [-0.15, -0.1) is 10.2 Å². The Labute approximate surface area is 224 Å². The number of hydrogen-bond acceptors (Lipinski definition) is 10. The first-order chi connectivity index (χ1) is 17.1. The van der Waals surface area contributed by atoms with Gasteiger partial charge in [-0.2, -0.15) is 0 Å². The van der Waals surface area contributed by atoms with Crippen LogP contribution >= 0.6 is 34.5 Å². The molecule has 2 aromatic rings. The number of dihydropyridines is 1. The van der Waals surface area contributed by atoms with Crippen LogP contribution in [0.25, 0.3) is 0 Å². The molecule has 0 radical (unpaired) electrons. The van der Waals surface area contributed by atoms with Crippen molar-refractivity contribution in [2.24, 2.45) is 0 Å². The van der Waals surface area contributed by atoms with E-state index >= 15 is 0 Å². The average molecular weight is 555 g/mol. The van der Waals surface area contributed by atoms with Gasteiger partial charge in [-0.1, -0.05) is 46.7 Å². The normalized spacial score (nSPS) is 16.8. The minimum atomic E-state index is -0.939. The van der Waals surface area contributed by atoms with Gasteiger partial charge in [0.05, 0.1) is 53.1 Å². The summed E-state index contributed by atoms with van der Waals surface area (Å²) in [4.78, 5) is 28.4. The van der Waals surface area contributed by atoms with Crippen molar-refractivity contribution < 1.29 is 23.8 Å². The summed E-state index contributed by atoms with van der Waals surface area (Å²) in [5.74, 6) is -2.21. The Bertz CT molecular complexity index is 1210. The fourth-order valence-electron chi connectivity index (χ4n) is 3.98. The van der Waals surface area contributed by atoms with Crippen molar-refractivity contribution in [1.82, 2.24) is 20.4 Å². The van der Waals surface area contributed by atoms with Gasteiger partial charge in [-0.25, -0.2) is 9.59 Å². The van der Waals surface area contributed by atoms with Crippen LogP contribution < -0.4 is 5.32 Å². The number of esters is 2. The van der Waals surface area contributed by atoms with Gasteiger partial charge in [0.1, 0.15) is 5.01 Å². The molecular weight excluding hydrogens is 527 g/mol. The zero-order chi connectivity index (χ0) is 26.6. The van der Waals surface area contributed by atoms with Crippen LogP contribution in [0.2, 0.25) is 10.0 Å². The van der Waals surface area contributed by atoms with Crippen LogP contribution in [0.5, 0.6) is 0 Å². The van der Waals surface area contributed by atoms with Crippen molar-refractivity contribution in [1.29, 1.82) is 0 Å². The molecule has 2 unspecified atom stereocenters. The molecule has 0 spiro atoms. The molecule has 2 heterocycles. The number of nitrogens with one attached hydrogen (secondary N) is 1. The molecule has 1 N–H and O–H groups in total. The van der Waals surface area contributed by atoms with E-state index in [4.69, 9.17) is 37.4 Å². The maximum Gasteiger partial charge on any atom is 0.336 e. The fourth-order valence-corrected chi connectivity index (χ4v) is 5.45. The molecule has 1 aliphatic rings. The van der Waals surface area contributed by atoms with Crippen molar-refractivity contribution in [3.8, 4) is 0 Å². The van der Waals surface area contributed by atoms with E-state index in [0.29, 0.717) is 28.5 Å². The number of rotatable bonds is 9. The summed E-state index contributed by atoms with van der Waals surface area (Å²) in [6.45, 7) is 4.12. The maximum atomic E-state index is 13.5. The third-order valence-electron chi connectivity index (χ3n) is 5.44. The molecule has 12 heteroatoms. The van der Waals surface area contributed by atoms with E-state index in [1.165, 1.54) is 25.6 Å². The van der Waals surface area contributed by atoms with Crippen LogP contribution in [0.15, 0.2) is 40.7 Å². The second-order valence-corrected chi connectivity index (χ2v) is 10.0. The van der Waals surface area contributed by atoms with Gasteiger partial charge in [-0.05, 0) is 39.6 Å². The number of aromatic nitrogens is 2. The van der Waals surface area contributed by atoms with Gasteiger partial charge in [0.2, 0.25) is 0 Å². The first kappa shape index (κ1) is 28.1. The van der Waals surface area contributed by atoms with Crippen molar-refractivity contribution in [2.75, 3.05) is 34.9 Å². The molecule has 0 fully saturated rings. The van der Waals surface area contributed by atoms with Crippen LogP contribution in [-0.2, 0) is 30.3 Å². The number of ether oxygens (including phenoxy) is 3. The number of nitrogens with zero attached hydrogens (tertiary/aromatic N) is 3.